The first-order valence-electron chi connectivity index (χ1n) is 9.26. The van der Waals surface area contributed by atoms with Gasteiger partial charge in [-0.05, 0) is 53.4 Å². The summed E-state index contributed by atoms with van der Waals surface area (Å²) in [5.74, 6) is 0.556. The lowest BCUT2D eigenvalue weighted by molar-refractivity contribution is -0.149. The highest BCUT2D eigenvalue weighted by molar-refractivity contribution is 7.88. The average Bonchev–Trinajstić information content (AvgIpc) is 2.51. The number of rotatable bonds is 8. The van der Waals surface area contributed by atoms with Gasteiger partial charge in [0.25, 0.3) is 0 Å². The molecular weight excluding hydrogens is 356 g/mol. The van der Waals surface area contributed by atoms with Gasteiger partial charge in [0, 0.05) is 18.1 Å². The van der Waals surface area contributed by atoms with Crippen LogP contribution in [0.5, 0.6) is 0 Å². The van der Waals surface area contributed by atoms with E-state index >= 15 is 0 Å². The van der Waals surface area contributed by atoms with Gasteiger partial charge in [0.1, 0.15) is 0 Å². The molecule has 0 aromatic rings. The largest absolute Gasteiger partial charge is 0.466 e. The molecule has 0 radical (unpaired) electrons. The highest BCUT2D eigenvalue weighted by Gasteiger charge is 2.28. The van der Waals surface area contributed by atoms with Crippen LogP contribution in [0.25, 0.3) is 0 Å². The second-order valence-corrected chi connectivity index (χ2v) is 9.15. The fourth-order valence-corrected chi connectivity index (χ4v) is 4.13. The molecule has 0 atom stereocenters. The molecule has 0 saturated heterocycles. The molecular formula is C17H34N4O4S. The van der Waals surface area contributed by atoms with Crippen molar-refractivity contribution < 1.29 is 17.9 Å². The highest BCUT2D eigenvalue weighted by Crippen LogP contribution is 2.25. The van der Waals surface area contributed by atoms with Crippen molar-refractivity contribution in [3.05, 3.63) is 0 Å². The Hall–Kier alpha value is -1.35. The lowest BCUT2D eigenvalue weighted by atomic mass is 9.86. The topological polar surface area (TPSA) is 109 Å². The second kappa shape index (κ2) is 10.1. The Labute approximate surface area is 157 Å². The van der Waals surface area contributed by atoms with E-state index in [1.54, 1.807) is 13.8 Å². The molecule has 0 unspecified atom stereocenters. The number of ether oxygens (including phenoxy) is 1. The van der Waals surface area contributed by atoms with Crippen LogP contribution in [-0.2, 0) is 19.6 Å². The summed E-state index contributed by atoms with van der Waals surface area (Å²) in [6.45, 7) is 8.85. The Morgan fingerprint density at radius 3 is 2.31 bits per heavy atom. The molecule has 0 amide bonds. The number of carbonyl (C=O) groups is 1. The molecule has 9 heteroatoms. The minimum Gasteiger partial charge on any atom is -0.466 e. The van der Waals surface area contributed by atoms with E-state index in [9.17, 15) is 13.2 Å². The highest BCUT2D eigenvalue weighted by atomic mass is 32.2. The van der Waals surface area contributed by atoms with Crippen molar-refractivity contribution in [1.29, 1.82) is 0 Å². The summed E-state index contributed by atoms with van der Waals surface area (Å²) in [6.07, 6.45) is 4.50. The summed E-state index contributed by atoms with van der Waals surface area (Å²) in [6, 6.07) is 0.240. The number of guanidine groups is 1. The first-order valence-corrected chi connectivity index (χ1v) is 11.2. The number of carbonyl (C=O) groups excluding carboxylic acids is 1. The molecule has 152 valence electrons. The summed E-state index contributed by atoms with van der Waals surface area (Å²) in [7, 11) is -3.29. The smallest absolute Gasteiger partial charge is 0.308 e. The number of nitrogens with zero attached hydrogens (tertiary/aromatic N) is 1. The van der Waals surface area contributed by atoms with Crippen LogP contribution >= 0.6 is 0 Å². The van der Waals surface area contributed by atoms with Crippen LogP contribution in [0.3, 0.4) is 0 Å². The van der Waals surface area contributed by atoms with Crippen molar-refractivity contribution in [3.63, 3.8) is 0 Å². The number of aliphatic imine (C=N–C) groups is 1. The summed E-state index contributed by atoms with van der Waals surface area (Å²) >= 11 is 0. The van der Waals surface area contributed by atoms with Crippen molar-refractivity contribution in [2.45, 2.75) is 65.0 Å². The molecule has 1 aliphatic carbocycles. The quantitative estimate of drug-likeness (QED) is 0.324. The van der Waals surface area contributed by atoms with Crippen LogP contribution in [0.15, 0.2) is 4.99 Å². The van der Waals surface area contributed by atoms with Crippen LogP contribution < -0.4 is 15.4 Å². The summed E-state index contributed by atoms with van der Waals surface area (Å²) in [5.41, 5.74) is -0.669. The van der Waals surface area contributed by atoms with Gasteiger partial charge >= 0.3 is 5.97 Å². The number of esters is 1. The van der Waals surface area contributed by atoms with E-state index in [4.69, 9.17) is 4.74 Å². The summed E-state index contributed by atoms with van der Waals surface area (Å²) in [4.78, 5) is 16.3. The molecule has 0 bridgehead atoms. The summed E-state index contributed by atoms with van der Waals surface area (Å²) in [5, 5.41) is 6.58. The van der Waals surface area contributed by atoms with Crippen molar-refractivity contribution >= 4 is 22.0 Å². The Morgan fingerprint density at radius 2 is 1.81 bits per heavy atom. The van der Waals surface area contributed by atoms with Gasteiger partial charge in [-0.15, -0.1) is 0 Å². The van der Waals surface area contributed by atoms with Crippen LogP contribution in [0.2, 0.25) is 0 Å². The van der Waals surface area contributed by atoms with Gasteiger partial charge in [-0.2, -0.15) is 0 Å². The molecule has 1 saturated carbocycles. The third kappa shape index (κ3) is 8.84. The monoisotopic (exact) mass is 390 g/mol. The fourth-order valence-electron chi connectivity index (χ4n) is 3.06. The van der Waals surface area contributed by atoms with Gasteiger partial charge < -0.3 is 15.4 Å². The number of hydrogen-bond acceptors (Lipinski definition) is 5. The van der Waals surface area contributed by atoms with Crippen LogP contribution in [0.1, 0.15) is 53.4 Å². The summed E-state index contributed by atoms with van der Waals surface area (Å²) < 4.78 is 30.6. The predicted molar refractivity (Wildman–Crippen MR) is 104 cm³/mol. The maximum Gasteiger partial charge on any atom is 0.308 e. The Balaban J connectivity index is 2.59. The molecule has 1 aliphatic rings. The van der Waals surface area contributed by atoms with E-state index in [0.29, 0.717) is 25.7 Å². The van der Waals surface area contributed by atoms with E-state index in [2.05, 4.69) is 20.3 Å². The number of sulfonamides is 1. The third-order valence-corrected chi connectivity index (χ3v) is 5.05. The minimum absolute atomic E-state index is 0.00887. The van der Waals surface area contributed by atoms with Crippen molar-refractivity contribution in [2.24, 2.45) is 10.9 Å². The van der Waals surface area contributed by atoms with E-state index in [1.807, 2.05) is 13.8 Å². The normalized spacial score (nSPS) is 22.0. The van der Waals surface area contributed by atoms with Crippen LogP contribution in [0, 0.1) is 5.92 Å². The molecule has 26 heavy (non-hydrogen) atoms. The van der Waals surface area contributed by atoms with E-state index in [-0.39, 0.29) is 17.9 Å². The molecule has 0 aliphatic heterocycles. The molecule has 0 spiro atoms. The zero-order chi connectivity index (χ0) is 19.8. The molecule has 8 nitrogen and oxygen atoms in total. The van der Waals surface area contributed by atoms with Gasteiger partial charge in [0.05, 0.1) is 25.3 Å². The van der Waals surface area contributed by atoms with E-state index in [1.165, 1.54) is 0 Å². The molecule has 3 N–H and O–H groups in total. The van der Waals surface area contributed by atoms with Crippen molar-refractivity contribution in [2.75, 3.05) is 26.0 Å². The Morgan fingerprint density at radius 1 is 1.19 bits per heavy atom. The van der Waals surface area contributed by atoms with Gasteiger partial charge in [-0.25, -0.2) is 13.1 Å². The first-order chi connectivity index (χ1) is 12.1. The molecule has 0 heterocycles. The standard InChI is InChI=1S/C17H34N4O4S/c1-6-18-16(19-12-17(3,4)21-26(5,23)24)20-14-10-8-13(9-11-14)15(22)25-7-2/h13-14,21H,6-12H2,1-5H3,(H2,18,19,20). The van der Waals surface area contributed by atoms with E-state index in [0.717, 1.165) is 31.9 Å². The molecule has 0 aromatic carbocycles. The predicted octanol–water partition coefficient (Wildman–Crippen LogP) is 0.991. The molecule has 1 fully saturated rings. The number of hydrogen-bond donors (Lipinski definition) is 3. The zero-order valence-corrected chi connectivity index (χ0v) is 17.4. The second-order valence-electron chi connectivity index (χ2n) is 7.40. The van der Waals surface area contributed by atoms with Crippen molar-refractivity contribution in [1.82, 2.24) is 15.4 Å². The lowest BCUT2D eigenvalue weighted by Crippen LogP contribution is -2.48. The van der Waals surface area contributed by atoms with Gasteiger partial charge in [0.15, 0.2) is 5.96 Å². The molecule has 0 aromatic heterocycles. The SMILES string of the molecule is CCNC(=NCC(C)(C)NS(C)(=O)=O)NC1CCC(C(=O)OCC)CC1. The van der Waals surface area contributed by atoms with Gasteiger partial charge in [-0.3, -0.25) is 9.79 Å². The third-order valence-electron chi connectivity index (χ3n) is 4.13. The maximum absolute atomic E-state index is 11.8. The van der Waals surface area contributed by atoms with Crippen LogP contribution in [-0.4, -0.2) is 57.9 Å². The fraction of sp³-hybridized carbons (Fsp3) is 0.882. The average molecular weight is 391 g/mol. The first kappa shape index (κ1) is 22.7. The lowest BCUT2D eigenvalue weighted by Gasteiger charge is -2.29. The van der Waals surface area contributed by atoms with Gasteiger partial charge in [-0.1, -0.05) is 0 Å². The maximum atomic E-state index is 11.8. The van der Waals surface area contributed by atoms with Gasteiger partial charge in [0.2, 0.25) is 10.0 Å². The van der Waals surface area contributed by atoms with Crippen molar-refractivity contribution in [3.8, 4) is 0 Å². The Kier molecular flexibility index (Phi) is 8.82. The minimum atomic E-state index is -3.29. The Bertz CT molecular complexity index is 582. The molecule has 1 rings (SSSR count). The van der Waals surface area contributed by atoms with E-state index < -0.39 is 15.6 Å². The number of nitrogens with one attached hydrogen (secondary N) is 3. The zero-order valence-electron chi connectivity index (χ0n) is 16.6. The van der Waals surface area contributed by atoms with Crippen LogP contribution in [0.4, 0.5) is 0 Å².